The number of nitrogens with one attached hydrogen (secondary N) is 2. The average molecular weight is 425 g/mol. The molecule has 0 radical (unpaired) electrons. The van der Waals surface area contributed by atoms with Crippen LogP contribution >= 0.6 is 11.6 Å². The zero-order valence-electron chi connectivity index (χ0n) is 16.4. The summed E-state index contributed by atoms with van der Waals surface area (Å²) in [7, 11) is 0. The van der Waals surface area contributed by atoms with E-state index in [1.54, 1.807) is 42.5 Å². The zero-order chi connectivity index (χ0) is 21.3. The van der Waals surface area contributed by atoms with E-state index < -0.39 is 0 Å². The molecule has 6 nitrogen and oxygen atoms in total. The number of anilines is 2. The first-order chi connectivity index (χ1) is 14.5. The topological polar surface area (TPSA) is 76.7 Å². The highest BCUT2D eigenvalue weighted by Crippen LogP contribution is 2.26. The second kappa shape index (κ2) is 10.3. The number of carbonyl (C=O) groups excluding carboxylic acids is 2. The van der Waals surface area contributed by atoms with E-state index in [2.05, 4.69) is 10.6 Å². The lowest BCUT2D eigenvalue weighted by Crippen LogP contribution is -2.21. The predicted octanol–water partition coefficient (Wildman–Crippen LogP) is 4.89. The fourth-order valence-corrected chi connectivity index (χ4v) is 2.80. The van der Waals surface area contributed by atoms with Gasteiger partial charge in [0, 0.05) is 11.9 Å². The zero-order valence-corrected chi connectivity index (χ0v) is 17.1. The smallest absolute Gasteiger partial charge is 0.262 e. The van der Waals surface area contributed by atoms with E-state index in [0.29, 0.717) is 34.5 Å². The molecule has 0 bridgehead atoms. The summed E-state index contributed by atoms with van der Waals surface area (Å²) in [6.45, 7) is 1.66. The van der Waals surface area contributed by atoms with Gasteiger partial charge < -0.3 is 20.1 Å². The number of amides is 2. The van der Waals surface area contributed by atoms with Gasteiger partial charge in [-0.15, -0.1) is 0 Å². The molecule has 2 N–H and O–H groups in total. The normalized spacial score (nSPS) is 10.2. The molecule has 0 spiro atoms. The highest BCUT2D eigenvalue weighted by molar-refractivity contribution is 6.31. The van der Waals surface area contributed by atoms with Gasteiger partial charge in [0.2, 0.25) is 5.91 Å². The maximum Gasteiger partial charge on any atom is 0.262 e. The number of carbonyl (C=O) groups is 2. The van der Waals surface area contributed by atoms with E-state index in [4.69, 9.17) is 21.1 Å². The fraction of sp³-hybridized carbons (Fsp3) is 0.130. The van der Waals surface area contributed by atoms with Crippen LogP contribution in [0, 0.1) is 0 Å². The molecule has 0 atom stereocenters. The highest BCUT2D eigenvalue weighted by Gasteiger charge is 2.10. The monoisotopic (exact) mass is 424 g/mol. The minimum absolute atomic E-state index is 0.198. The van der Waals surface area contributed by atoms with Crippen molar-refractivity contribution in [3.63, 3.8) is 0 Å². The Hall–Kier alpha value is -3.51. The quantitative estimate of drug-likeness (QED) is 0.539. The average Bonchev–Trinajstić information content (AvgIpc) is 2.74. The molecule has 0 saturated carbocycles. The van der Waals surface area contributed by atoms with Crippen molar-refractivity contribution in [1.82, 2.24) is 0 Å². The summed E-state index contributed by atoms with van der Waals surface area (Å²) in [5.74, 6) is 0.604. The summed E-state index contributed by atoms with van der Waals surface area (Å²) < 4.78 is 11.2. The third-order valence-electron chi connectivity index (χ3n) is 4.01. The van der Waals surface area contributed by atoms with E-state index >= 15 is 0 Å². The molecule has 7 heteroatoms. The van der Waals surface area contributed by atoms with Crippen LogP contribution in [0.4, 0.5) is 11.4 Å². The van der Waals surface area contributed by atoms with Crippen LogP contribution in [-0.4, -0.2) is 18.4 Å². The maximum absolute atomic E-state index is 12.2. The Kier molecular flexibility index (Phi) is 7.29. The van der Waals surface area contributed by atoms with Crippen molar-refractivity contribution in [2.45, 2.75) is 13.5 Å². The molecule has 0 aliphatic heterocycles. The minimum atomic E-state index is -0.381. The van der Waals surface area contributed by atoms with Crippen molar-refractivity contribution < 1.29 is 19.1 Å². The summed E-state index contributed by atoms with van der Waals surface area (Å²) in [5.41, 5.74) is 1.94. The van der Waals surface area contributed by atoms with Gasteiger partial charge >= 0.3 is 0 Å². The van der Waals surface area contributed by atoms with Gasteiger partial charge in [0.25, 0.3) is 5.91 Å². The molecule has 0 aromatic heterocycles. The molecule has 0 unspecified atom stereocenters. The predicted molar refractivity (Wildman–Crippen MR) is 117 cm³/mol. The Bertz CT molecular complexity index is 1010. The number of halogens is 1. The summed E-state index contributed by atoms with van der Waals surface area (Å²) in [4.78, 5) is 23.6. The number of ether oxygens (including phenoxy) is 2. The molecular weight excluding hydrogens is 404 g/mol. The van der Waals surface area contributed by atoms with Gasteiger partial charge in [0.05, 0.1) is 11.4 Å². The Morgan fingerprint density at radius 3 is 2.17 bits per heavy atom. The Balaban J connectivity index is 1.51. The van der Waals surface area contributed by atoms with E-state index in [-0.39, 0.29) is 18.4 Å². The van der Waals surface area contributed by atoms with E-state index in [9.17, 15) is 9.59 Å². The molecule has 0 aliphatic rings. The van der Waals surface area contributed by atoms with Gasteiger partial charge in [-0.3, -0.25) is 9.59 Å². The number of hydrogen-bond donors (Lipinski definition) is 2. The molecule has 0 aliphatic carbocycles. The van der Waals surface area contributed by atoms with Crippen molar-refractivity contribution in [1.29, 1.82) is 0 Å². The van der Waals surface area contributed by atoms with Gasteiger partial charge in [0.15, 0.2) is 6.61 Å². The SMILES string of the molecule is CC(=O)Nc1ccc(Cl)cc1NC(=O)COc1ccc(OCc2ccccc2)cc1. The van der Waals surface area contributed by atoms with Gasteiger partial charge in [-0.2, -0.15) is 0 Å². The van der Waals surface area contributed by atoms with Crippen molar-refractivity contribution in [3.05, 3.63) is 83.4 Å². The van der Waals surface area contributed by atoms with Crippen LogP contribution in [0.15, 0.2) is 72.8 Å². The van der Waals surface area contributed by atoms with E-state index in [1.807, 2.05) is 30.3 Å². The van der Waals surface area contributed by atoms with Crippen LogP contribution in [0.5, 0.6) is 11.5 Å². The van der Waals surface area contributed by atoms with Gasteiger partial charge in [0.1, 0.15) is 18.1 Å². The van der Waals surface area contributed by atoms with E-state index in [1.165, 1.54) is 6.92 Å². The van der Waals surface area contributed by atoms with Crippen LogP contribution in [0.1, 0.15) is 12.5 Å². The van der Waals surface area contributed by atoms with Crippen LogP contribution < -0.4 is 20.1 Å². The second-order valence-corrected chi connectivity index (χ2v) is 6.89. The molecule has 3 aromatic carbocycles. The summed E-state index contributed by atoms with van der Waals surface area (Å²) in [6.07, 6.45) is 0. The lowest BCUT2D eigenvalue weighted by atomic mass is 10.2. The maximum atomic E-state index is 12.2. The van der Waals surface area contributed by atoms with Crippen molar-refractivity contribution in [2.75, 3.05) is 17.2 Å². The fourth-order valence-electron chi connectivity index (χ4n) is 2.63. The molecule has 0 saturated heterocycles. The van der Waals surface area contributed by atoms with Crippen LogP contribution in [0.25, 0.3) is 0 Å². The number of rotatable bonds is 8. The van der Waals surface area contributed by atoms with Crippen molar-refractivity contribution in [3.8, 4) is 11.5 Å². The first-order valence-corrected chi connectivity index (χ1v) is 9.64. The Labute approximate surface area is 179 Å². The van der Waals surface area contributed by atoms with Crippen molar-refractivity contribution in [2.24, 2.45) is 0 Å². The second-order valence-electron chi connectivity index (χ2n) is 6.45. The summed E-state index contributed by atoms with van der Waals surface area (Å²) in [6, 6.07) is 21.7. The van der Waals surface area contributed by atoms with Crippen LogP contribution in [0.3, 0.4) is 0 Å². The highest BCUT2D eigenvalue weighted by atomic mass is 35.5. The number of benzene rings is 3. The number of hydrogen-bond acceptors (Lipinski definition) is 4. The summed E-state index contributed by atoms with van der Waals surface area (Å²) >= 11 is 5.98. The molecule has 154 valence electrons. The van der Waals surface area contributed by atoms with Gasteiger partial charge in [-0.1, -0.05) is 41.9 Å². The third kappa shape index (κ3) is 6.53. The van der Waals surface area contributed by atoms with E-state index in [0.717, 1.165) is 5.56 Å². The molecule has 2 amide bonds. The first-order valence-electron chi connectivity index (χ1n) is 9.26. The van der Waals surface area contributed by atoms with Gasteiger partial charge in [-0.05, 0) is 48.0 Å². The third-order valence-corrected chi connectivity index (χ3v) is 4.24. The standard InChI is InChI=1S/C23H21ClN2O4/c1-16(27)25-21-12-7-18(24)13-22(21)26-23(28)15-30-20-10-8-19(9-11-20)29-14-17-5-3-2-4-6-17/h2-13H,14-15H2,1H3,(H,25,27)(H,26,28). The van der Waals surface area contributed by atoms with Crippen LogP contribution in [0.2, 0.25) is 5.02 Å². The molecule has 0 fully saturated rings. The first kappa shape index (κ1) is 21.2. The molecule has 3 aromatic rings. The minimum Gasteiger partial charge on any atom is -0.489 e. The molecular formula is C23H21ClN2O4. The van der Waals surface area contributed by atoms with Crippen LogP contribution in [-0.2, 0) is 16.2 Å². The molecule has 3 rings (SSSR count). The van der Waals surface area contributed by atoms with Crippen molar-refractivity contribution >= 4 is 34.8 Å². The largest absolute Gasteiger partial charge is 0.489 e. The molecule has 0 heterocycles. The van der Waals surface area contributed by atoms with Gasteiger partial charge in [-0.25, -0.2) is 0 Å². The summed E-state index contributed by atoms with van der Waals surface area (Å²) in [5, 5.41) is 5.77. The lowest BCUT2D eigenvalue weighted by Gasteiger charge is -2.13. The Morgan fingerprint density at radius 2 is 1.50 bits per heavy atom. The Morgan fingerprint density at radius 1 is 0.833 bits per heavy atom. The molecule has 30 heavy (non-hydrogen) atoms. The lowest BCUT2D eigenvalue weighted by molar-refractivity contribution is -0.118.